The standard InChI is InChI=1S/C31H24N2/c1-5-15-25(16-6-1)29-23-13-14-24-30(29)31(26-17-7-2-8-18-26,27-19-9-3-10-20-27)33-32-28-21-11-4-12-22-28/h1-24H. The van der Waals surface area contributed by atoms with Gasteiger partial charge in [0.25, 0.3) is 0 Å². The van der Waals surface area contributed by atoms with Crippen molar-refractivity contribution in [1.29, 1.82) is 0 Å². The van der Waals surface area contributed by atoms with Crippen LogP contribution in [-0.4, -0.2) is 0 Å². The van der Waals surface area contributed by atoms with Gasteiger partial charge in [0, 0.05) is 0 Å². The highest BCUT2D eigenvalue weighted by molar-refractivity contribution is 5.72. The molecule has 2 nitrogen and oxygen atoms in total. The molecule has 0 fully saturated rings. The first-order valence-electron chi connectivity index (χ1n) is 11.1. The predicted molar refractivity (Wildman–Crippen MR) is 136 cm³/mol. The van der Waals surface area contributed by atoms with Gasteiger partial charge in [-0.05, 0) is 39.9 Å². The smallest absolute Gasteiger partial charge is 0.157 e. The summed E-state index contributed by atoms with van der Waals surface area (Å²) >= 11 is 0. The Kier molecular flexibility index (Phi) is 5.90. The quantitative estimate of drug-likeness (QED) is 0.193. The molecule has 0 atom stereocenters. The van der Waals surface area contributed by atoms with Crippen LogP contribution in [0.2, 0.25) is 0 Å². The lowest BCUT2D eigenvalue weighted by Crippen LogP contribution is -2.27. The molecule has 0 aliphatic rings. The fraction of sp³-hybridized carbons (Fsp3) is 0.0323. The Balaban J connectivity index is 1.85. The lowest BCUT2D eigenvalue weighted by molar-refractivity contribution is 0.620. The summed E-state index contributed by atoms with van der Waals surface area (Å²) < 4.78 is 0. The van der Waals surface area contributed by atoms with Gasteiger partial charge in [-0.2, -0.15) is 10.2 Å². The molecule has 0 amide bonds. The van der Waals surface area contributed by atoms with Gasteiger partial charge >= 0.3 is 0 Å². The van der Waals surface area contributed by atoms with E-state index < -0.39 is 5.54 Å². The van der Waals surface area contributed by atoms with E-state index in [0.29, 0.717) is 0 Å². The van der Waals surface area contributed by atoms with Crippen LogP contribution in [0.5, 0.6) is 0 Å². The van der Waals surface area contributed by atoms with E-state index in [1.807, 2.05) is 48.5 Å². The Morgan fingerprint density at radius 2 is 0.879 bits per heavy atom. The summed E-state index contributed by atoms with van der Waals surface area (Å²) in [5.41, 5.74) is 5.53. The molecule has 5 rings (SSSR count). The van der Waals surface area contributed by atoms with Crippen LogP contribution >= 0.6 is 0 Å². The van der Waals surface area contributed by atoms with Crippen LogP contribution < -0.4 is 0 Å². The summed E-state index contributed by atoms with van der Waals surface area (Å²) in [4.78, 5) is 0. The molecule has 0 heterocycles. The minimum atomic E-state index is -0.815. The summed E-state index contributed by atoms with van der Waals surface area (Å²) in [6.07, 6.45) is 0. The van der Waals surface area contributed by atoms with Crippen LogP contribution in [-0.2, 0) is 5.54 Å². The van der Waals surface area contributed by atoms with E-state index in [9.17, 15) is 0 Å². The van der Waals surface area contributed by atoms with Crippen LogP contribution in [0, 0.1) is 0 Å². The summed E-state index contributed by atoms with van der Waals surface area (Å²) in [5, 5.41) is 9.92. The highest BCUT2D eigenvalue weighted by Crippen LogP contribution is 2.45. The topological polar surface area (TPSA) is 24.7 Å². The van der Waals surface area contributed by atoms with Gasteiger partial charge in [0.15, 0.2) is 5.54 Å². The van der Waals surface area contributed by atoms with Gasteiger partial charge in [-0.1, -0.05) is 133 Å². The SMILES string of the molecule is c1ccc(N=NC(c2ccccc2)(c2ccccc2)c2ccccc2-c2ccccc2)cc1. The van der Waals surface area contributed by atoms with E-state index in [2.05, 4.69) is 97.1 Å². The van der Waals surface area contributed by atoms with Crippen molar-refractivity contribution in [1.82, 2.24) is 0 Å². The van der Waals surface area contributed by atoms with Gasteiger partial charge in [0.1, 0.15) is 0 Å². The lowest BCUT2D eigenvalue weighted by Gasteiger charge is -2.32. The zero-order valence-corrected chi connectivity index (χ0v) is 18.3. The van der Waals surface area contributed by atoms with Gasteiger partial charge in [-0.25, -0.2) is 0 Å². The highest BCUT2D eigenvalue weighted by Gasteiger charge is 2.38. The first-order valence-corrected chi connectivity index (χ1v) is 11.1. The molecule has 0 radical (unpaired) electrons. The molecular weight excluding hydrogens is 400 g/mol. The molecule has 0 unspecified atom stereocenters. The first-order chi connectivity index (χ1) is 16.4. The van der Waals surface area contributed by atoms with Gasteiger partial charge in [-0.3, -0.25) is 0 Å². The molecule has 5 aromatic carbocycles. The molecule has 5 aromatic rings. The zero-order chi connectivity index (χ0) is 22.3. The van der Waals surface area contributed by atoms with Crippen molar-refractivity contribution >= 4 is 5.69 Å². The molecule has 0 aliphatic carbocycles. The molecular formula is C31H24N2. The van der Waals surface area contributed by atoms with Crippen LogP contribution in [0.15, 0.2) is 156 Å². The largest absolute Gasteiger partial charge is 0.167 e. The van der Waals surface area contributed by atoms with E-state index in [-0.39, 0.29) is 0 Å². The number of hydrogen-bond donors (Lipinski definition) is 0. The molecule has 158 valence electrons. The van der Waals surface area contributed by atoms with E-state index in [4.69, 9.17) is 10.2 Å². The molecule has 0 aliphatic heterocycles. The van der Waals surface area contributed by atoms with Crippen molar-refractivity contribution < 1.29 is 0 Å². The van der Waals surface area contributed by atoms with E-state index in [0.717, 1.165) is 33.5 Å². The minimum absolute atomic E-state index is 0.815. The average Bonchev–Trinajstić information content (AvgIpc) is 2.92. The molecule has 0 bridgehead atoms. The van der Waals surface area contributed by atoms with Gasteiger partial charge in [-0.15, -0.1) is 0 Å². The summed E-state index contributed by atoms with van der Waals surface area (Å²) in [6, 6.07) is 49.8. The first kappa shape index (κ1) is 20.6. The second kappa shape index (κ2) is 9.46. The fourth-order valence-corrected chi connectivity index (χ4v) is 4.30. The Morgan fingerprint density at radius 1 is 0.424 bits per heavy atom. The van der Waals surface area contributed by atoms with Gasteiger partial charge in [0.2, 0.25) is 0 Å². The second-order valence-electron chi connectivity index (χ2n) is 7.89. The molecule has 33 heavy (non-hydrogen) atoms. The van der Waals surface area contributed by atoms with E-state index in [1.54, 1.807) is 0 Å². The molecule has 0 saturated carbocycles. The van der Waals surface area contributed by atoms with Crippen molar-refractivity contribution in [2.45, 2.75) is 5.54 Å². The third kappa shape index (κ3) is 4.11. The van der Waals surface area contributed by atoms with Crippen molar-refractivity contribution in [3.05, 3.63) is 162 Å². The van der Waals surface area contributed by atoms with Crippen LogP contribution in [0.1, 0.15) is 16.7 Å². The molecule has 0 spiro atoms. The number of azo groups is 1. The normalized spacial score (nSPS) is 11.5. The van der Waals surface area contributed by atoms with Gasteiger partial charge in [0.05, 0.1) is 5.69 Å². The van der Waals surface area contributed by atoms with Crippen molar-refractivity contribution in [2.24, 2.45) is 10.2 Å². The Hall–Kier alpha value is -4.30. The predicted octanol–water partition coefficient (Wildman–Crippen LogP) is 8.43. The maximum atomic E-state index is 5.15. The molecule has 0 aromatic heterocycles. The maximum absolute atomic E-state index is 5.15. The third-order valence-electron chi connectivity index (χ3n) is 5.86. The summed E-state index contributed by atoms with van der Waals surface area (Å²) in [7, 11) is 0. The number of benzene rings is 5. The number of nitrogens with zero attached hydrogens (tertiary/aromatic N) is 2. The zero-order valence-electron chi connectivity index (χ0n) is 18.3. The second-order valence-corrected chi connectivity index (χ2v) is 7.89. The maximum Gasteiger partial charge on any atom is 0.157 e. The van der Waals surface area contributed by atoms with Gasteiger partial charge < -0.3 is 0 Å². The Morgan fingerprint density at radius 3 is 1.45 bits per heavy atom. The van der Waals surface area contributed by atoms with Crippen molar-refractivity contribution in [2.75, 3.05) is 0 Å². The third-order valence-corrected chi connectivity index (χ3v) is 5.86. The van der Waals surface area contributed by atoms with Crippen LogP contribution in [0.25, 0.3) is 11.1 Å². The number of hydrogen-bond acceptors (Lipinski definition) is 2. The molecule has 2 heteroatoms. The van der Waals surface area contributed by atoms with Crippen molar-refractivity contribution in [3.63, 3.8) is 0 Å². The van der Waals surface area contributed by atoms with Crippen LogP contribution in [0.3, 0.4) is 0 Å². The number of rotatable bonds is 6. The molecule has 0 N–H and O–H groups in total. The minimum Gasteiger partial charge on any atom is -0.167 e. The average molecular weight is 425 g/mol. The molecule has 0 saturated heterocycles. The lowest BCUT2D eigenvalue weighted by atomic mass is 9.75. The highest BCUT2D eigenvalue weighted by atomic mass is 15.2. The summed E-state index contributed by atoms with van der Waals surface area (Å²) in [5.74, 6) is 0. The Labute approximate surface area is 194 Å². The summed E-state index contributed by atoms with van der Waals surface area (Å²) in [6.45, 7) is 0. The van der Waals surface area contributed by atoms with Crippen LogP contribution in [0.4, 0.5) is 5.69 Å². The fourth-order valence-electron chi connectivity index (χ4n) is 4.30. The monoisotopic (exact) mass is 424 g/mol. The van der Waals surface area contributed by atoms with E-state index >= 15 is 0 Å². The van der Waals surface area contributed by atoms with E-state index in [1.165, 1.54) is 0 Å². The van der Waals surface area contributed by atoms with Crippen molar-refractivity contribution in [3.8, 4) is 11.1 Å². The Bertz CT molecular complexity index is 1290.